The summed E-state index contributed by atoms with van der Waals surface area (Å²) in [5.41, 5.74) is 1.12. The topological polar surface area (TPSA) is 90.9 Å². The molecule has 0 radical (unpaired) electrons. The van der Waals surface area contributed by atoms with E-state index < -0.39 is 24.1 Å². The minimum Gasteiger partial charge on any atom is -0.465 e. The highest BCUT2D eigenvalue weighted by molar-refractivity contribution is 5.89. The normalized spacial score (nSPS) is 11.4. The number of carbonyl (C=O) groups is 3. The van der Waals surface area contributed by atoms with E-state index in [0.717, 1.165) is 0 Å². The molecule has 0 aliphatic heterocycles. The van der Waals surface area contributed by atoms with Crippen molar-refractivity contribution in [3.05, 3.63) is 48.0 Å². The standard InChI is InChI=1S/C19H25NO6/c1-5-10-25-19(23)20-16(11-13(2)3)18(22)26-12-14-6-8-15(9-7-14)17(21)24-4/h5-9,13,16H,1,10-12H2,2-4H3,(H,20,23). The van der Waals surface area contributed by atoms with Crippen LogP contribution in [-0.2, 0) is 25.6 Å². The third-order valence-corrected chi connectivity index (χ3v) is 3.37. The molecule has 0 aliphatic rings. The molecule has 1 N–H and O–H groups in total. The van der Waals surface area contributed by atoms with Crippen LogP contribution in [0.2, 0.25) is 0 Å². The highest BCUT2D eigenvalue weighted by Gasteiger charge is 2.24. The van der Waals surface area contributed by atoms with Gasteiger partial charge in [0.15, 0.2) is 0 Å². The van der Waals surface area contributed by atoms with E-state index >= 15 is 0 Å². The maximum atomic E-state index is 12.3. The number of alkyl carbamates (subject to hydrolysis) is 1. The molecule has 142 valence electrons. The zero-order valence-corrected chi connectivity index (χ0v) is 15.3. The van der Waals surface area contributed by atoms with E-state index in [0.29, 0.717) is 17.5 Å². The molecular weight excluding hydrogens is 338 g/mol. The molecule has 0 heterocycles. The average molecular weight is 363 g/mol. The lowest BCUT2D eigenvalue weighted by Crippen LogP contribution is -2.43. The Morgan fingerprint density at radius 2 is 1.81 bits per heavy atom. The molecule has 0 saturated heterocycles. The number of carbonyl (C=O) groups excluding carboxylic acids is 3. The van der Waals surface area contributed by atoms with Crippen molar-refractivity contribution in [3.63, 3.8) is 0 Å². The minimum atomic E-state index is -0.804. The fourth-order valence-electron chi connectivity index (χ4n) is 2.11. The molecule has 0 bridgehead atoms. The molecule has 1 aromatic rings. The molecule has 7 nitrogen and oxygen atoms in total. The van der Waals surface area contributed by atoms with Gasteiger partial charge in [0, 0.05) is 0 Å². The fourth-order valence-corrected chi connectivity index (χ4v) is 2.11. The van der Waals surface area contributed by atoms with E-state index in [1.807, 2.05) is 13.8 Å². The molecule has 0 aromatic heterocycles. The first-order valence-electron chi connectivity index (χ1n) is 8.25. The highest BCUT2D eigenvalue weighted by Crippen LogP contribution is 2.10. The highest BCUT2D eigenvalue weighted by atomic mass is 16.6. The predicted molar refractivity (Wildman–Crippen MR) is 95.5 cm³/mol. The fraction of sp³-hybridized carbons (Fsp3) is 0.421. The van der Waals surface area contributed by atoms with Gasteiger partial charge in [0.05, 0.1) is 12.7 Å². The molecule has 1 amide bonds. The molecule has 1 aromatic carbocycles. The lowest BCUT2D eigenvalue weighted by atomic mass is 10.0. The molecular formula is C19H25NO6. The summed E-state index contributed by atoms with van der Waals surface area (Å²) >= 11 is 0. The van der Waals surface area contributed by atoms with Crippen molar-refractivity contribution in [1.29, 1.82) is 0 Å². The number of amides is 1. The van der Waals surface area contributed by atoms with Crippen LogP contribution < -0.4 is 5.32 Å². The number of hydrogen-bond donors (Lipinski definition) is 1. The Bertz CT molecular complexity index is 623. The number of rotatable bonds is 9. The molecule has 1 atom stereocenters. The van der Waals surface area contributed by atoms with E-state index in [2.05, 4.69) is 16.6 Å². The number of esters is 2. The van der Waals surface area contributed by atoms with Crippen LogP contribution in [0.3, 0.4) is 0 Å². The Hall–Kier alpha value is -2.83. The Morgan fingerprint density at radius 1 is 1.15 bits per heavy atom. The zero-order chi connectivity index (χ0) is 19.5. The number of hydrogen-bond acceptors (Lipinski definition) is 6. The van der Waals surface area contributed by atoms with Gasteiger partial charge in [-0.05, 0) is 30.0 Å². The van der Waals surface area contributed by atoms with Gasteiger partial charge in [0.25, 0.3) is 0 Å². The van der Waals surface area contributed by atoms with Crippen molar-refractivity contribution in [2.75, 3.05) is 13.7 Å². The molecule has 1 unspecified atom stereocenters. The molecule has 0 saturated carbocycles. The SMILES string of the molecule is C=CCOC(=O)NC(CC(C)C)C(=O)OCc1ccc(C(=O)OC)cc1. The first-order valence-corrected chi connectivity index (χ1v) is 8.25. The van der Waals surface area contributed by atoms with Crippen molar-refractivity contribution in [2.45, 2.75) is 32.9 Å². The molecule has 0 aliphatic carbocycles. The molecule has 0 fully saturated rings. The van der Waals surface area contributed by atoms with Crippen LogP contribution in [0, 0.1) is 5.92 Å². The van der Waals surface area contributed by atoms with E-state index in [4.69, 9.17) is 9.47 Å². The van der Waals surface area contributed by atoms with Crippen LogP contribution in [0.4, 0.5) is 4.79 Å². The molecule has 26 heavy (non-hydrogen) atoms. The van der Waals surface area contributed by atoms with Gasteiger partial charge in [0.2, 0.25) is 0 Å². The molecule has 1 rings (SSSR count). The number of methoxy groups -OCH3 is 1. The molecule has 7 heteroatoms. The zero-order valence-electron chi connectivity index (χ0n) is 15.3. The number of benzene rings is 1. The first kappa shape index (κ1) is 21.2. The van der Waals surface area contributed by atoms with Crippen LogP contribution in [0.5, 0.6) is 0 Å². The van der Waals surface area contributed by atoms with Crippen molar-refractivity contribution >= 4 is 18.0 Å². The maximum Gasteiger partial charge on any atom is 0.408 e. The number of nitrogens with one attached hydrogen (secondary N) is 1. The lowest BCUT2D eigenvalue weighted by molar-refractivity contribution is -0.147. The van der Waals surface area contributed by atoms with E-state index in [9.17, 15) is 14.4 Å². The largest absolute Gasteiger partial charge is 0.465 e. The Kier molecular flexibility index (Phi) is 8.91. The second-order valence-corrected chi connectivity index (χ2v) is 6.01. The van der Waals surface area contributed by atoms with Crippen LogP contribution in [0.1, 0.15) is 36.2 Å². The van der Waals surface area contributed by atoms with Gasteiger partial charge >= 0.3 is 18.0 Å². The summed E-state index contributed by atoms with van der Waals surface area (Å²) in [6.07, 6.45) is 1.16. The summed E-state index contributed by atoms with van der Waals surface area (Å²) < 4.78 is 14.7. The van der Waals surface area contributed by atoms with Crippen LogP contribution in [0.25, 0.3) is 0 Å². The van der Waals surface area contributed by atoms with Gasteiger partial charge in [0.1, 0.15) is 19.3 Å². The third kappa shape index (κ3) is 7.38. The minimum absolute atomic E-state index is 0.0261. The number of ether oxygens (including phenoxy) is 3. The average Bonchev–Trinajstić information content (AvgIpc) is 2.63. The molecule has 0 spiro atoms. The lowest BCUT2D eigenvalue weighted by Gasteiger charge is -2.19. The van der Waals surface area contributed by atoms with Crippen LogP contribution in [-0.4, -0.2) is 37.8 Å². The summed E-state index contributed by atoms with van der Waals surface area (Å²) in [6.45, 7) is 7.40. The Labute approximate surface area is 153 Å². The van der Waals surface area contributed by atoms with Crippen LogP contribution in [0.15, 0.2) is 36.9 Å². The van der Waals surface area contributed by atoms with E-state index in [1.54, 1.807) is 24.3 Å². The first-order chi connectivity index (χ1) is 12.4. The second-order valence-electron chi connectivity index (χ2n) is 6.01. The van der Waals surface area contributed by atoms with Gasteiger partial charge in [-0.25, -0.2) is 14.4 Å². The van der Waals surface area contributed by atoms with Gasteiger partial charge in [-0.3, -0.25) is 0 Å². The summed E-state index contributed by atoms with van der Waals surface area (Å²) in [5, 5.41) is 2.51. The maximum absolute atomic E-state index is 12.3. The van der Waals surface area contributed by atoms with Crippen molar-refractivity contribution in [1.82, 2.24) is 5.32 Å². The van der Waals surface area contributed by atoms with E-state index in [-0.39, 0.29) is 19.1 Å². The third-order valence-electron chi connectivity index (χ3n) is 3.37. The van der Waals surface area contributed by atoms with Crippen molar-refractivity contribution in [2.24, 2.45) is 5.92 Å². The Morgan fingerprint density at radius 3 is 2.35 bits per heavy atom. The predicted octanol–water partition coefficient (Wildman–Crippen LogP) is 2.84. The summed E-state index contributed by atoms with van der Waals surface area (Å²) in [6, 6.07) is 5.71. The van der Waals surface area contributed by atoms with Gasteiger partial charge in [-0.15, -0.1) is 0 Å². The Balaban J connectivity index is 2.63. The van der Waals surface area contributed by atoms with Crippen molar-refractivity contribution < 1.29 is 28.6 Å². The van der Waals surface area contributed by atoms with Gasteiger partial charge in [-0.2, -0.15) is 0 Å². The van der Waals surface area contributed by atoms with E-state index in [1.165, 1.54) is 13.2 Å². The summed E-state index contributed by atoms with van der Waals surface area (Å²) in [4.78, 5) is 35.4. The second kappa shape index (κ2) is 10.9. The van der Waals surface area contributed by atoms with Gasteiger partial charge in [-0.1, -0.05) is 38.6 Å². The van der Waals surface area contributed by atoms with Crippen molar-refractivity contribution in [3.8, 4) is 0 Å². The summed E-state index contributed by atoms with van der Waals surface area (Å²) in [7, 11) is 1.31. The quantitative estimate of drug-likeness (QED) is 0.412. The van der Waals surface area contributed by atoms with Crippen LogP contribution >= 0.6 is 0 Å². The smallest absolute Gasteiger partial charge is 0.408 e. The van der Waals surface area contributed by atoms with Gasteiger partial charge < -0.3 is 19.5 Å². The monoisotopic (exact) mass is 363 g/mol. The summed E-state index contributed by atoms with van der Waals surface area (Å²) in [5.74, 6) is -0.814.